The van der Waals surface area contributed by atoms with E-state index in [-0.39, 0.29) is 19.6 Å². The molecule has 0 saturated carbocycles. The summed E-state index contributed by atoms with van der Waals surface area (Å²) in [7, 11) is 4.33. The molecule has 126 valence electrons. The number of nitrogens with zero attached hydrogens (tertiary/aromatic N) is 1. The Balaban J connectivity index is 3.15. The highest BCUT2D eigenvalue weighted by atomic mass is 16.5. The summed E-state index contributed by atoms with van der Waals surface area (Å²) < 4.78 is 20.0. The van der Waals surface area contributed by atoms with Gasteiger partial charge in [0.05, 0.1) is 40.1 Å². The maximum atomic E-state index is 11.6. The fourth-order valence-corrected chi connectivity index (χ4v) is 1.85. The molecule has 7 nitrogen and oxygen atoms in total. The van der Waals surface area contributed by atoms with Crippen LogP contribution in [0.2, 0.25) is 0 Å². The zero-order valence-electron chi connectivity index (χ0n) is 13.8. The number of esters is 2. The third kappa shape index (κ3) is 5.61. The number of hydrogen-bond donors (Lipinski definition) is 0. The van der Waals surface area contributed by atoms with Crippen LogP contribution in [0.3, 0.4) is 0 Å². The predicted octanol–water partition coefficient (Wildman–Crippen LogP) is 1.62. The fourth-order valence-electron chi connectivity index (χ4n) is 1.85. The van der Waals surface area contributed by atoms with Gasteiger partial charge in [-0.25, -0.2) is 0 Å². The van der Waals surface area contributed by atoms with Crippen molar-refractivity contribution in [2.75, 3.05) is 34.5 Å². The third-order valence-electron chi connectivity index (χ3n) is 2.96. The summed E-state index contributed by atoms with van der Waals surface area (Å²) in [4.78, 5) is 27.3. The first kappa shape index (κ1) is 18.5. The molecule has 0 atom stereocenters. The Morgan fingerprint density at radius 3 is 2.39 bits per heavy atom. The van der Waals surface area contributed by atoms with Crippen LogP contribution in [-0.2, 0) is 19.1 Å². The summed E-state index contributed by atoms with van der Waals surface area (Å²) in [6.45, 7) is 1.80. The van der Waals surface area contributed by atoms with Gasteiger partial charge < -0.3 is 18.9 Å². The average Bonchev–Trinajstić information content (AvgIpc) is 2.57. The number of carbonyl (C=O) groups excluding carboxylic acids is 2. The number of ether oxygens (including phenoxy) is 4. The van der Waals surface area contributed by atoms with Crippen molar-refractivity contribution in [1.29, 1.82) is 0 Å². The molecule has 0 saturated heterocycles. The van der Waals surface area contributed by atoms with Gasteiger partial charge in [0, 0.05) is 11.6 Å². The molecule has 0 N–H and O–H groups in total. The normalized spacial score (nSPS) is 10.9. The van der Waals surface area contributed by atoms with Crippen molar-refractivity contribution in [1.82, 2.24) is 0 Å². The largest absolute Gasteiger partial charge is 0.497 e. The average molecular weight is 323 g/mol. The fraction of sp³-hybridized carbons (Fsp3) is 0.438. The molecule has 1 aromatic rings. The first-order chi connectivity index (χ1) is 11.0. The number of carbonyl (C=O) groups is 2. The van der Waals surface area contributed by atoms with Gasteiger partial charge in [0.25, 0.3) is 0 Å². The molecule has 0 spiro atoms. The van der Waals surface area contributed by atoms with Crippen LogP contribution in [0.5, 0.6) is 11.5 Å². The molecule has 0 aliphatic heterocycles. The Bertz CT molecular complexity index is 582. The Hall–Kier alpha value is -2.57. The van der Waals surface area contributed by atoms with Crippen molar-refractivity contribution in [3.8, 4) is 11.5 Å². The minimum atomic E-state index is -0.470. The van der Waals surface area contributed by atoms with Crippen LogP contribution in [0.15, 0.2) is 23.2 Å². The van der Waals surface area contributed by atoms with E-state index in [4.69, 9.17) is 14.2 Å². The zero-order chi connectivity index (χ0) is 17.2. The molecule has 1 rings (SSSR count). The van der Waals surface area contributed by atoms with Gasteiger partial charge in [-0.1, -0.05) is 0 Å². The van der Waals surface area contributed by atoms with Gasteiger partial charge in [-0.3, -0.25) is 14.6 Å². The lowest BCUT2D eigenvalue weighted by Crippen LogP contribution is -2.15. The van der Waals surface area contributed by atoms with Crippen molar-refractivity contribution in [3.63, 3.8) is 0 Å². The molecule has 1 aromatic carbocycles. The van der Waals surface area contributed by atoms with Gasteiger partial charge in [0.2, 0.25) is 0 Å². The maximum Gasteiger partial charge on any atom is 0.327 e. The van der Waals surface area contributed by atoms with Gasteiger partial charge in [0.1, 0.15) is 18.0 Å². The van der Waals surface area contributed by atoms with Crippen molar-refractivity contribution in [2.45, 2.75) is 13.3 Å². The Morgan fingerprint density at radius 2 is 1.83 bits per heavy atom. The van der Waals surface area contributed by atoms with Gasteiger partial charge in [0.15, 0.2) is 0 Å². The third-order valence-corrected chi connectivity index (χ3v) is 2.96. The van der Waals surface area contributed by atoms with Gasteiger partial charge in [-0.05, 0) is 19.1 Å². The first-order valence-corrected chi connectivity index (χ1v) is 7.03. The van der Waals surface area contributed by atoms with Gasteiger partial charge >= 0.3 is 11.9 Å². The lowest BCUT2D eigenvalue weighted by molar-refractivity contribution is -0.141. The predicted molar refractivity (Wildman–Crippen MR) is 84.2 cm³/mol. The molecule has 0 fully saturated rings. The van der Waals surface area contributed by atoms with E-state index in [9.17, 15) is 9.59 Å². The Labute approximate surface area is 135 Å². The van der Waals surface area contributed by atoms with Crippen LogP contribution in [0, 0.1) is 0 Å². The molecule has 0 bridgehead atoms. The van der Waals surface area contributed by atoms with Crippen molar-refractivity contribution in [3.05, 3.63) is 23.8 Å². The van der Waals surface area contributed by atoms with Crippen LogP contribution >= 0.6 is 0 Å². The molecule has 0 amide bonds. The molecule has 0 aliphatic carbocycles. The standard InChI is InChI=1S/C16H21NO6/c1-5-23-16(19)10-17-13(9-15(18)22-4)12-7-6-11(20-2)8-14(12)21-3/h6-8H,5,9-10H2,1-4H3. The van der Waals surface area contributed by atoms with E-state index in [1.54, 1.807) is 32.2 Å². The highest BCUT2D eigenvalue weighted by molar-refractivity contribution is 6.11. The Kier molecular flexibility index (Phi) is 7.59. The lowest BCUT2D eigenvalue weighted by atomic mass is 10.1. The Morgan fingerprint density at radius 1 is 1.09 bits per heavy atom. The van der Waals surface area contributed by atoms with E-state index >= 15 is 0 Å². The highest BCUT2D eigenvalue weighted by Gasteiger charge is 2.16. The summed E-state index contributed by atoms with van der Waals surface area (Å²) in [6.07, 6.45) is -0.0847. The number of benzene rings is 1. The number of methoxy groups -OCH3 is 3. The SMILES string of the molecule is CCOC(=O)CN=C(CC(=O)OC)c1ccc(OC)cc1OC. The van der Waals surface area contributed by atoms with Crippen molar-refractivity contribution in [2.24, 2.45) is 4.99 Å². The molecule has 0 aromatic heterocycles. The van der Waals surface area contributed by atoms with E-state index in [2.05, 4.69) is 9.73 Å². The second-order valence-corrected chi connectivity index (χ2v) is 4.39. The van der Waals surface area contributed by atoms with Gasteiger partial charge in [-0.15, -0.1) is 0 Å². The molecule has 23 heavy (non-hydrogen) atoms. The second kappa shape index (κ2) is 9.45. The first-order valence-electron chi connectivity index (χ1n) is 7.03. The molecular formula is C16H21NO6. The van der Waals surface area contributed by atoms with E-state index in [0.29, 0.717) is 22.8 Å². The van der Waals surface area contributed by atoms with Crippen LogP contribution < -0.4 is 9.47 Å². The smallest absolute Gasteiger partial charge is 0.327 e. The lowest BCUT2D eigenvalue weighted by Gasteiger charge is -2.12. The second-order valence-electron chi connectivity index (χ2n) is 4.39. The maximum absolute atomic E-state index is 11.6. The summed E-state index contributed by atoms with van der Waals surface area (Å²) in [5.41, 5.74) is 0.965. The van der Waals surface area contributed by atoms with Gasteiger partial charge in [-0.2, -0.15) is 0 Å². The number of rotatable bonds is 8. The topological polar surface area (TPSA) is 83.4 Å². The van der Waals surface area contributed by atoms with Crippen LogP contribution in [-0.4, -0.2) is 52.1 Å². The molecular weight excluding hydrogens is 302 g/mol. The molecule has 0 unspecified atom stereocenters. The van der Waals surface area contributed by atoms with E-state index in [1.807, 2.05) is 0 Å². The van der Waals surface area contributed by atoms with E-state index < -0.39 is 11.9 Å². The van der Waals surface area contributed by atoms with Crippen LogP contribution in [0.4, 0.5) is 0 Å². The highest BCUT2D eigenvalue weighted by Crippen LogP contribution is 2.26. The summed E-state index contributed by atoms with van der Waals surface area (Å²) in [5, 5.41) is 0. The summed E-state index contributed by atoms with van der Waals surface area (Å²) in [5.74, 6) is 0.150. The molecule has 7 heteroatoms. The van der Waals surface area contributed by atoms with Crippen molar-refractivity contribution < 1.29 is 28.5 Å². The van der Waals surface area contributed by atoms with Crippen LogP contribution in [0.25, 0.3) is 0 Å². The van der Waals surface area contributed by atoms with E-state index in [1.165, 1.54) is 14.2 Å². The summed E-state index contributed by atoms with van der Waals surface area (Å²) in [6, 6.07) is 5.10. The summed E-state index contributed by atoms with van der Waals surface area (Å²) >= 11 is 0. The molecule has 0 heterocycles. The molecule has 0 aliphatic rings. The quantitative estimate of drug-likeness (QED) is 0.534. The van der Waals surface area contributed by atoms with Crippen molar-refractivity contribution >= 4 is 17.7 Å². The van der Waals surface area contributed by atoms with E-state index in [0.717, 1.165) is 0 Å². The number of hydrogen-bond acceptors (Lipinski definition) is 7. The number of aliphatic imine (C=N–C) groups is 1. The minimum absolute atomic E-state index is 0.0847. The minimum Gasteiger partial charge on any atom is -0.497 e. The zero-order valence-corrected chi connectivity index (χ0v) is 13.8. The monoisotopic (exact) mass is 323 g/mol. The van der Waals surface area contributed by atoms with Crippen LogP contribution in [0.1, 0.15) is 18.9 Å². The molecule has 0 radical (unpaired) electrons.